The lowest BCUT2D eigenvalue weighted by Gasteiger charge is -2.22. The molecular weight excluding hydrogens is 236 g/mol. The van der Waals surface area contributed by atoms with Gasteiger partial charge in [-0.3, -0.25) is 0 Å². The zero-order chi connectivity index (χ0) is 13.1. The SMILES string of the molecule is C[C@]1(CO)C[C@](CCc2ccccc2)(OO)OO1. The normalized spacial score (nSPS) is 31.7. The van der Waals surface area contributed by atoms with Gasteiger partial charge < -0.3 is 5.11 Å². The minimum atomic E-state index is -1.20. The first-order valence-corrected chi connectivity index (χ1v) is 5.96. The van der Waals surface area contributed by atoms with E-state index in [1.807, 2.05) is 30.3 Å². The summed E-state index contributed by atoms with van der Waals surface area (Å²) in [5.74, 6) is -1.20. The molecule has 5 heteroatoms. The third-order valence-corrected chi connectivity index (χ3v) is 3.18. The fourth-order valence-corrected chi connectivity index (χ4v) is 2.09. The van der Waals surface area contributed by atoms with Gasteiger partial charge in [-0.15, -0.1) is 0 Å². The first-order chi connectivity index (χ1) is 8.61. The molecule has 0 aliphatic carbocycles. The standard InChI is InChI=1S/C13H18O5/c1-12(10-14)9-13(16-15,18-17-12)8-7-11-5-3-2-4-6-11/h2-6,14-15H,7-10H2,1H3/t12-,13-/m1/s1. The Balaban J connectivity index is 1.98. The Morgan fingerprint density at radius 1 is 1.28 bits per heavy atom. The smallest absolute Gasteiger partial charge is 0.237 e. The maximum absolute atomic E-state index is 9.20. The van der Waals surface area contributed by atoms with Crippen LogP contribution in [0.1, 0.15) is 25.3 Å². The lowest BCUT2D eigenvalue weighted by Crippen LogP contribution is -2.35. The van der Waals surface area contributed by atoms with Crippen LogP contribution in [0.4, 0.5) is 0 Å². The molecule has 1 aliphatic rings. The van der Waals surface area contributed by atoms with Crippen LogP contribution in [-0.2, 0) is 21.1 Å². The molecule has 1 heterocycles. The van der Waals surface area contributed by atoms with Gasteiger partial charge in [-0.05, 0) is 18.9 Å². The highest BCUT2D eigenvalue weighted by atomic mass is 17.3. The Morgan fingerprint density at radius 2 is 2.00 bits per heavy atom. The first kappa shape index (κ1) is 13.5. The topological polar surface area (TPSA) is 68.2 Å². The third kappa shape index (κ3) is 2.88. The Morgan fingerprint density at radius 3 is 2.56 bits per heavy atom. The summed E-state index contributed by atoms with van der Waals surface area (Å²) in [6.45, 7) is 1.51. The summed E-state index contributed by atoms with van der Waals surface area (Å²) in [7, 11) is 0. The highest BCUT2D eigenvalue weighted by molar-refractivity contribution is 5.15. The van der Waals surface area contributed by atoms with E-state index in [1.54, 1.807) is 6.92 Å². The van der Waals surface area contributed by atoms with Gasteiger partial charge >= 0.3 is 0 Å². The highest BCUT2D eigenvalue weighted by Crippen LogP contribution is 2.39. The molecule has 0 unspecified atom stereocenters. The monoisotopic (exact) mass is 254 g/mol. The molecule has 0 saturated carbocycles. The number of rotatable bonds is 5. The fourth-order valence-electron chi connectivity index (χ4n) is 2.09. The van der Waals surface area contributed by atoms with Gasteiger partial charge in [-0.1, -0.05) is 30.3 Å². The summed E-state index contributed by atoms with van der Waals surface area (Å²) >= 11 is 0. The van der Waals surface area contributed by atoms with E-state index in [0.29, 0.717) is 12.8 Å². The second-order valence-corrected chi connectivity index (χ2v) is 4.94. The third-order valence-electron chi connectivity index (χ3n) is 3.18. The van der Waals surface area contributed by atoms with Crippen molar-refractivity contribution in [2.75, 3.05) is 6.61 Å². The van der Waals surface area contributed by atoms with Crippen molar-refractivity contribution < 1.29 is 25.0 Å². The van der Waals surface area contributed by atoms with Gasteiger partial charge in [0.25, 0.3) is 0 Å². The van der Waals surface area contributed by atoms with E-state index in [1.165, 1.54) is 0 Å². The van der Waals surface area contributed by atoms with Crippen molar-refractivity contribution in [3.63, 3.8) is 0 Å². The summed E-state index contributed by atoms with van der Waals surface area (Å²) in [5, 5.41) is 18.2. The molecule has 0 radical (unpaired) electrons. The zero-order valence-electron chi connectivity index (χ0n) is 10.3. The minimum absolute atomic E-state index is 0.191. The molecule has 1 aromatic carbocycles. The van der Waals surface area contributed by atoms with E-state index >= 15 is 0 Å². The van der Waals surface area contributed by atoms with Crippen LogP contribution in [0.2, 0.25) is 0 Å². The molecule has 0 bridgehead atoms. The minimum Gasteiger partial charge on any atom is -0.393 e. The lowest BCUT2D eigenvalue weighted by atomic mass is 9.93. The van der Waals surface area contributed by atoms with E-state index in [2.05, 4.69) is 4.89 Å². The van der Waals surface area contributed by atoms with Crippen molar-refractivity contribution >= 4 is 0 Å². The molecule has 5 nitrogen and oxygen atoms in total. The van der Waals surface area contributed by atoms with Gasteiger partial charge in [0.1, 0.15) is 5.60 Å². The predicted octanol–water partition coefficient (Wildman–Crippen LogP) is 1.91. The van der Waals surface area contributed by atoms with E-state index in [-0.39, 0.29) is 13.0 Å². The molecule has 0 aromatic heterocycles. The van der Waals surface area contributed by atoms with E-state index in [4.69, 9.17) is 15.0 Å². The molecule has 18 heavy (non-hydrogen) atoms. The molecule has 2 rings (SSSR count). The largest absolute Gasteiger partial charge is 0.393 e. The number of aliphatic hydroxyl groups is 1. The van der Waals surface area contributed by atoms with E-state index in [0.717, 1.165) is 5.56 Å². The van der Waals surface area contributed by atoms with Gasteiger partial charge in [0, 0.05) is 12.8 Å². The predicted molar refractivity (Wildman–Crippen MR) is 63.5 cm³/mol. The molecular formula is C13H18O5. The van der Waals surface area contributed by atoms with Crippen LogP contribution in [0.15, 0.2) is 30.3 Å². The number of benzene rings is 1. The van der Waals surface area contributed by atoms with Gasteiger partial charge in [-0.25, -0.2) is 15.0 Å². The van der Waals surface area contributed by atoms with Crippen LogP contribution in [-0.4, -0.2) is 28.4 Å². The summed E-state index contributed by atoms with van der Waals surface area (Å²) in [6, 6.07) is 9.83. The van der Waals surface area contributed by atoms with Gasteiger partial charge in [0.05, 0.1) is 6.61 Å². The molecule has 1 saturated heterocycles. The van der Waals surface area contributed by atoms with Crippen LogP contribution in [0.25, 0.3) is 0 Å². The van der Waals surface area contributed by atoms with Crippen LogP contribution in [0.3, 0.4) is 0 Å². The van der Waals surface area contributed by atoms with Gasteiger partial charge in [0.2, 0.25) is 5.79 Å². The number of aliphatic hydroxyl groups excluding tert-OH is 1. The van der Waals surface area contributed by atoms with Crippen molar-refractivity contribution in [3.8, 4) is 0 Å². The van der Waals surface area contributed by atoms with Crippen molar-refractivity contribution in [2.24, 2.45) is 0 Å². The molecule has 0 amide bonds. The highest BCUT2D eigenvalue weighted by Gasteiger charge is 2.50. The van der Waals surface area contributed by atoms with Crippen molar-refractivity contribution in [1.82, 2.24) is 0 Å². The average Bonchev–Trinajstić information content (AvgIpc) is 2.77. The quantitative estimate of drug-likeness (QED) is 0.620. The summed E-state index contributed by atoms with van der Waals surface area (Å²) in [4.78, 5) is 14.6. The Kier molecular flexibility index (Phi) is 3.99. The molecule has 2 atom stereocenters. The maximum atomic E-state index is 9.20. The van der Waals surface area contributed by atoms with Crippen LogP contribution in [0.5, 0.6) is 0 Å². The number of hydrogen-bond donors (Lipinski definition) is 2. The molecule has 1 aliphatic heterocycles. The van der Waals surface area contributed by atoms with Crippen molar-refractivity contribution in [3.05, 3.63) is 35.9 Å². The summed E-state index contributed by atoms with van der Waals surface area (Å²) in [5.41, 5.74) is 0.287. The Labute approximate surface area is 106 Å². The second-order valence-electron chi connectivity index (χ2n) is 4.94. The molecule has 2 N–H and O–H groups in total. The second kappa shape index (κ2) is 5.34. The van der Waals surface area contributed by atoms with Crippen molar-refractivity contribution in [1.29, 1.82) is 0 Å². The first-order valence-electron chi connectivity index (χ1n) is 5.96. The van der Waals surface area contributed by atoms with E-state index in [9.17, 15) is 5.11 Å². The number of hydrogen-bond acceptors (Lipinski definition) is 5. The molecule has 1 aromatic rings. The average molecular weight is 254 g/mol. The van der Waals surface area contributed by atoms with Gasteiger partial charge in [-0.2, -0.15) is 4.89 Å². The fraction of sp³-hybridized carbons (Fsp3) is 0.538. The maximum Gasteiger partial charge on any atom is 0.237 e. The zero-order valence-corrected chi connectivity index (χ0v) is 10.3. The van der Waals surface area contributed by atoms with E-state index < -0.39 is 11.4 Å². The number of aryl methyl sites for hydroxylation is 1. The van der Waals surface area contributed by atoms with Gasteiger partial charge in [0.15, 0.2) is 0 Å². The lowest BCUT2D eigenvalue weighted by molar-refractivity contribution is -0.473. The Bertz CT molecular complexity index is 382. The summed E-state index contributed by atoms with van der Waals surface area (Å²) in [6.07, 6.45) is 1.41. The van der Waals surface area contributed by atoms with Crippen molar-refractivity contribution in [2.45, 2.75) is 37.6 Å². The summed E-state index contributed by atoms with van der Waals surface area (Å²) < 4.78 is 0. The molecule has 100 valence electrons. The van der Waals surface area contributed by atoms with Crippen LogP contribution in [0, 0.1) is 0 Å². The molecule has 1 fully saturated rings. The molecule has 0 spiro atoms. The van der Waals surface area contributed by atoms with Crippen LogP contribution < -0.4 is 0 Å². The van der Waals surface area contributed by atoms with Crippen LogP contribution >= 0.6 is 0 Å². The Hall–Kier alpha value is -0.980.